The minimum atomic E-state index is 0.486. The van der Waals surface area contributed by atoms with Crippen LogP contribution in [0, 0.1) is 24.7 Å². The maximum Gasteiger partial charge on any atom is 0.0346 e. The third-order valence-corrected chi connectivity index (χ3v) is 6.86. The van der Waals surface area contributed by atoms with Gasteiger partial charge in [-0.25, -0.2) is 0 Å². The highest BCUT2D eigenvalue weighted by Gasteiger charge is 2.51. The Hall–Kier alpha value is -1.63. The number of hydrogen-bond donors (Lipinski definition) is 0. The molecule has 1 aromatic heterocycles. The van der Waals surface area contributed by atoms with Crippen molar-refractivity contribution >= 4 is 0 Å². The Morgan fingerprint density at radius 3 is 2.26 bits per heavy atom. The minimum Gasteiger partial charge on any atom is -0.264 e. The molecule has 1 aromatic carbocycles. The lowest BCUT2D eigenvalue weighted by Gasteiger charge is -2.57. The zero-order valence-corrected chi connectivity index (χ0v) is 14.0. The van der Waals surface area contributed by atoms with Crippen LogP contribution in [0.3, 0.4) is 0 Å². The summed E-state index contributed by atoms with van der Waals surface area (Å²) < 4.78 is 0. The molecule has 0 spiro atoms. The largest absolute Gasteiger partial charge is 0.264 e. The first-order valence-corrected chi connectivity index (χ1v) is 9.23. The van der Waals surface area contributed by atoms with Gasteiger partial charge in [0.15, 0.2) is 0 Å². The molecule has 4 saturated carbocycles. The van der Waals surface area contributed by atoms with E-state index in [1.165, 1.54) is 55.2 Å². The topological polar surface area (TPSA) is 12.9 Å². The zero-order chi connectivity index (χ0) is 15.4. The molecule has 23 heavy (non-hydrogen) atoms. The molecule has 2 aromatic rings. The fourth-order valence-corrected chi connectivity index (χ4v) is 6.25. The van der Waals surface area contributed by atoms with E-state index in [-0.39, 0.29) is 0 Å². The van der Waals surface area contributed by atoms with Gasteiger partial charge in [-0.1, -0.05) is 24.3 Å². The Morgan fingerprint density at radius 1 is 0.957 bits per heavy atom. The van der Waals surface area contributed by atoms with Crippen molar-refractivity contribution in [3.63, 3.8) is 0 Å². The highest BCUT2D eigenvalue weighted by molar-refractivity contribution is 5.67. The summed E-state index contributed by atoms with van der Waals surface area (Å²) in [4.78, 5) is 4.32. The molecule has 0 amide bonds. The van der Waals surface area contributed by atoms with Crippen LogP contribution in [0.1, 0.15) is 49.7 Å². The van der Waals surface area contributed by atoms with Crippen LogP contribution in [-0.4, -0.2) is 4.98 Å². The van der Waals surface area contributed by atoms with Crippen molar-refractivity contribution in [1.82, 2.24) is 4.98 Å². The monoisotopic (exact) mass is 303 g/mol. The quantitative estimate of drug-likeness (QED) is 0.711. The standard InChI is InChI=1S/C22H25N/c1-15-4-5-20(10-21(15)19-3-2-6-23-14-19)22-11-16-7-17(12-22)9-18(8-16)13-22/h2-6,10,14,16-18H,7-9,11-13H2,1H3. The summed E-state index contributed by atoms with van der Waals surface area (Å²) in [6.07, 6.45) is 12.7. The van der Waals surface area contributed by atoms with Crippen molar-refractivity contribution < 1.29 is 0 Å². The van der Waals surface area contributed by atoms with Gasteiger partial charge >= 0.3 is 0 Å². The number of pyridine rings is 1. The maximum absolute atomic E-state index is 4.32. The Kier molecular flexibility index (Phi) is 2.95. The minimum absolute atomic E-state index is 0.486. The second-order valence-corrected chi connectivity index (χ2v) is 8.47. The number of aryl methyl sites for hydroxylation is 1. The van der Waals surface area contributed by atoms with Crippen molar-refractivity contribution in [2.24, 2.45) is 17.8 Å². The van der Waals surface area contributed by atoms with Gasteiger partial charge in [-0.15, -0.1) is 0 Å². The van der Waals surface area contributed by atoms with E-state index in [0.29, 0.717) is 5.41 Å². The molecule has 0 atom stereocenters. The summed E-state index contributed by atoms with van der Waals surface area (Å²) in [6, 6.07) is 11.5. The van der Waals surface area contributed by atoms with Crippen molar-refractivity contribution in [2.75, 3.05) is 0 Å². The average molecular weight is 303 g/mol. The highest BCUT2D eigenvalue weighted by Crippen LogP contribution is 2.60. The van der Waals surface area contributed by atoms with Gasteiger partial charge < -0.3 is 0 Å². The smallest absolute Gasteiger partial charge is 0.0346 e. The molecule has 4 aliphatic carbocycles. The lowest BCUT2D eigenvalue weighted by molar-refractivity contribution is -0.00517. The van der Waals surface area contributed by atoms with Gasteiger partial charge in [-0.2, -0.15) is 0 Å². The van der Waals surface area contributed by atoms with Gasteiger partial charge in [0.05, 0.1) is 0 Å². The molecule has 0 unspecified atom stereocenters. The molecular weight excluding hydrogens is 278 g/mol. The Balaban J connectivity index is 1.59. The van der Waals surface area contributed by atoms with Gasteiger partial charge in [0.1, 0.15) is 0 Å². The Labute approximate surface area is 139 Å². The molecule has 1 nitrogen and oxygen atoms in total. The Morgan fingerprint density at radius 2 is 1.65 bits per heavy atom. The van der Waals surface area contributed by atoms with E-state index in [1.807, 2.05) is 18.5 Å². The molecule has 0 radical (unpaired) electrons. The molecular formula is C22H25N. The zero-order valence-electron chi connectivity index (χ0n) is 14.0. The first kappa shape index (κ1) is 13.8. The number of benzene rings is 1. The first-order valence-electron chi connectivity index (χ1n) is 9.23. The average Bonchev–Trinajstić information content (AvgIpc) is 2.55. The first-order chi connectivity index (χ1) is 11.2. The van der Waals surface area contributed by atoms with Crippen LogP contribution >= 0.6 is 0 Å². The van der Waals surface area contributed by atoms with Crippen LogP contribution in [-0.2, 0) is 5.41 Å². The number of hydrogen-bond acceptors (Lipinski definition) is 1. The lowest BCUT2D eigenvalue weighted by atomic mass is 9.48. The van der Waals surface area contributed by atoms with E-state index in [1.54, 1.807) is 5.56 Å². The summed E-state index contributed by atoms with van der Waals surface area (Å²) in [7, 11) is 0. The van der Waals surface area contributed by atoms with Crippen LogP contribution < -0.4 is 0 Å². The van der Waals surface area contributed by atoms with Gasteiger partial charge in [-0.05, 0) is 91.4 Å². The van der Waals surface area contributed by atoms with E-state index >= 15 is 0 Å². The maximum atomic E-state index is 4.32. The van der Waals surface area contributed by atoms with Gasteiger partial charge in [0.25, 0.3) is 0 Å². The summed E-state index contributed by atoms with van der Waals surface area (Å²) in [5.41, 5.74) is 6.11. The van der Waals surface area contributed by atoms with Crippen LogP contribution in [0.5, 0.6) is 0 Å². The van der Waals surface area contributed by atoms with Crippen molar-refractivity contribution in [2.45, 2.75) is 50.9 Å². The van der Waals surface area contributed by atoms with E-state index in [9.17, 15) is 0 Å². The van der Waals surface area contributed by atoms with Crippen molar-refractivity contribution in [3.8, 4) is 11.1 Å². The van der Waals surface area contributed by atoms with E-state index < -0.39 is 0 Å². The van der Waals surface area contributed by atoms with Crippen LogP contribution in [0.25, 0.3) is 11.1 Å². The van der Waals surface area contributed by atoms with Gasteiger partial charge in [0.2, 0.25) is 0 Å². The van der Waals surface area contributed by atoms with E-state index in [4.69, 9.17) is 0 Å². The third kappa shape index (κ3) is 2.16. The molecule has 1 heterocycles. The molecule has 0 saturated heterocycles. The molecule has 118 valence electrons. The SMILES string of the molecule is Cc1ccc(C23CC4CC(CC(C4)C2)C3)cc1-c1cccnc1. The molecule has 1 heteroatoms. The van der Waals surface area contributed by atoms with Crippen LogP contribution in [0.15, 0.2) is 42.7 Å². The van der Waals surface area contributed by atoms with Crippen molar-refractivity contribution in [3.05, 3.63) is 53.9 Å². The summed E-state index contributed by atoms with van der Waals surface area (Å²) in [6.45, 7) is 2.23. The predicted molar refractivity (Wildman–Crippen MR) is 94.3 cm³/mol. The molecule has 4 bridgehead atoms. The molecule has 6 rings (SSSR count). The summed E-state index contributed by atoms with van der Waals surface area (Å²) in [5.74, 6) is 3.01. The van der Waals surface area contributed by atoms with Gasteiger partial charge in [0, 0.05) is 18.0 Å². The van der Waals surface area contributed by atoms with Crippen LogP contribution in [0.4, 0.5) is 0 Å². The predicted octanol–water partition coefficient (Wildman–Crippen LogP) is 5.52. The molecule has 4 fully saturated rings. The highest BCUT2D eigenvalue weighted by atomic mass is 14.6. The second kappa shape index (κ2) is 4.93. The number of aromatic nitrogens is 1. The van der Waals surface area contributed by atoms with Gasteiger partial charge in [-0.3, -0.25) is 4.98 Å². The van der Waals surface area contributed by atoms with Crippen LogP contribution in [0.2, 0.25) is 0 Å². The van der Waals surface area contributed by atoms with E-state index in [2.05, 4.69) is 36.2 Å². The molecule has 4 aliphatic rings. The Bertz CT molecular complexity index is 696. The molecule has 0 N–H and O–H groups in total. The fourth-order valence-electron chi connectivity index (χ4n) is 6.25. The number of rotatable bonds is 2. The molecule has 0 aliphatic heterocycles. The second-order valence-electron chi connectivity index (χ2n) is 8.47. The lowest BCUT2D eigenvalue weighted by Crippen LogP contribution is -2.48. The van der Waals surface area contributed by atoms with E-state index in [0.717, 1.165) is 17.8 Å². The summed E-state index contributed by atoms with van der Waals surface area (Å²) >= 11 is 0. The third-order valence-electron chi connectivity index (χ3n) is 6.86. The number of nitrogens with zero attached hydrogens (tertiary/aromatic N) is 1. The fraction of sp³-hybridized carbons (Fsp3) is 0.500. The van der Waals surface area contributed by atoms with Crippen molar-refractivity contribution in [1.29, 1.82) is 0 Å². The summed E-state index contributed by atoms with van der Waals surface area (Å²) in [5, 5.41) is 0. The normalized spacial score (nSPS) is 34.7.